The van der Waals surface area contributed by atoms with Crippen LogP contribution < -0.4 is 10.7 Å². The first-order valence-electron chi connectivity index (χ1n) is 12.5. The Labute approximate surface area is 239 Å². The molecular weight excluding hydrogens is 548 g/mol. The minimum absolute atomic E-state index is 0.171. The van der Waals surface area contributed by atoms with Crippen molar-refractivity contribution in [1.29, 1.82) is 0 Å². The molecule has 3 heterocycles. The van der Waals surface area contributed by atoms with Crippen molar-refractivity contribution in [1.82, 2.24) is 15.6 Å². The smallest absolute Gasteiger partial charge is 0.334 e. The van der Waals surface area contributed by atoms with Gasteiger partial charge in [0.05, 0.1) is 12.6 Å². The lowest BCUT2D eigenvalue weighted by Crippen LogP contribution is -2.74. The first-order chi connectivity index (χ1) is 19.4. The fourth-order valence-corrected chi connectivity index (χ4v) is 6.41. The summed E-state index contributed by atoms with van der Waals surface area (Å²) >= 11 is 2.76. The number of fused-ring (bicyclic) bond motifs is 1. The van der Waals surface area contributed by atoms with Crippen molar-refractivity contribution in [2.75, 3.05) is 0 Å². The number of hydrazone groups is 1. The Morgan fingerprint density at radius 3 is 2.30 bits per heavy atom. The maximum Gasteiger partial charge on any atom is 0.334 e. The molecule has 11 heteroatoms. The number of nitrogens with zero attached hydrogens (tertiary/aromatic N) is 2. The van der Waals surface area contributed by atoms with E-state index in [0.29, 0.717) is 5.57 Å². The van der Waals surface area contributed by atoms with E-state index in [9.17, 15) is 19.2 Å². The molecule has 3 aromatic rings. The molecule has 0 radical (unpaired) electrons. The molecule has 1 aromatic heterocycles. The number of thioether (sulfide) groups is 1. The second kappa shape index (κ2) is 12.3. The van der Waals surface area contributed by atoms with Gasteiger partial charge in [-0.2, -0.15) is 5.10 Å². The van der Waals surface area contributed by atoms with Gasteiger partial charge in [0.2, 0.25) is 17.7 Å². The van der Waals surface area contributed by atoms with Gasteiger partial charge in [-0.1, -0.05) is 66.7 Å². The lowest BCUT2D eigenvalue weighted by atomic mass is 9.97. The van der Waals surface area contributed by atoms with Crippen LogP contribution in [0.15, 0.2) is 94.3 Å². The van der Waals surface area contributed by atoms with Crippen LogP contribution in [0.25, 0.3) is 0 Å². The number of carbonyl (C=O) groups excluding carboxylic acids is 4. The zero-order chi connectivity index (χ0) is 28.1. The standard InChI is InChI=1S/C29H26N4O5S2/c1-18(34)32-30-16-21-17-40-28-24(31-23(35)15-22-13-8-14-39-22)27(36)33(28)25(21)29(37)38-26(19-9-4-2-5-10-19)20-11-6-3-7-12-20/h2-14,16-17,24-26,28H,15H2,1H3,(H,31,35)(H,32,34)/t24?,25?,28-/m1/s1. The molecule has 2 aliphatic heterocycles. The Morgan fingerprint density at radius 1 is 1.02 bits per heavy atom. The summed E-state index contributed by atoms with van der Waals surface area (Å²) in [5, 5.41) is 9.83. The Kier molecular flexibility index (Phi) is 8.42. The molecule has 3 amide bonds. The summed E-state index contributed by atoms with van der Waals surface area (Å²) in [6.45, 7) is 1.32. The van der Waals surface area contributed by atoms with Crippen molar-refractivity contribution in [3.8, 4) is 0 Å². The molecular formula is C29H26N4O5S2. The largest absolute Gasteiger partial charge is 0.451 e. The van der Waals surface area contributed by atoms with Crippen molar-refractivity contribution < 1.29 is 23.9 Å². The van der Waals surface area contributed by atoms with Crippen LogP contribution in [0.5, 0.6) is 0 Å². The van der Waals surface area contributed by atoms with Gasteiger partial charge in [0.15, 0.2) is 12.1 Å². The number of hydrogen-bond acceptors (Lipinski definition) is 8. The number of hydrogen-bond donors (Lipinski definition) is 2. The van der Waals surface area contributed by atoms with E-state index < -0.39 is 35.4 Å². The summed E-state index contributed by atoms with van der Waals surface area (Å²) in [4.78, 5) is 53.5. The Hall–Kier alpha value is -4.22. The van der Waals surface area contributed by atoms with Gasteiger partial charge in [-0.3, -0.25) is 14.4 Å². The molecule has 9 nitrogen and oxygen atoms in total. The second-order valence-electron chi connectivity index (χ2n) is 9.16. The summed E-state index contributed by atoms with van der Waals surface area (Å²) in [6, 6.07) is 20.5. The van der Waals surface area contributed by atoms with Gasteiger partial charge >= 0.3 is 5.97 Å². The van der Waals surface area contributed by atoms with Crippen LogP contribution in [0.2, 0.25) is 0 Å². The number of thiophene rings is 1. The molecule has 0 aliphatic carbocycles. The van der Waals surface area contributed by atoms with Gasteiger partial charge in [-0.25, -0.2) is 10.2 Å². The van der Waals surface area contributed by atoms with Crippen LogP contribution >= 0.6 is 23.1 Å². The molecule has 0 spiro atoms. The van der Waals surface area contributed by atoms with Crippen molar-refractivity contribution in [2.45, 2.75) is 36.9 Å². The van der Waals surface area contributed by atoms with Gasteiger partial charge in [-0.15, -0.1) is 23.1 Å². The average molecular weight is 575 g/mol. The highest BCUT2D eigenvalue weighted by Gasteiger charge is 2.56. The van der Waals surface area contributed by atoms with Crippen LogP contribution in [0.1, 0.15) is 29.0 Å². The number of carbonyl (C=O) groups is 4. The summed E-state index contributed by atoms with van der Waals surface area (Å²) in [7, 11) is 0. The predicted molar refractivity (Wildman–Crippen MR) is 153 cm³/mol. The number of rotatable bonds is 9. The van der Waals surface area contributed by atoms with E-state index in [1.165, 1.54) is 41.1 Å². The molecule has 2 aliphatic rings. The summed E-state index contributed by atoms with van der Waals surface area (Å²) in [6.07, 6.45) is 0.797. The van der Waals surface area contributed by atoms with E-state index in [1.54, 1.807) is 5.41 Å². The Morgan fingerprint density at radius 2 is 1.70 bits per heavy atom. The SMILES string of the molecule is CC(=O)NN=CC1=CS[C@@H]2C(NC(=O)Cc3cccs3)C(=O)N2C1C(=O)OC(c1ccccc1)c1ccccc1. The van der Waals surface area contributed by atoms with Crippen LogP contribution in [-0.2, 0) is 30.3 Å². The van der Waals surface area contributed by atoms with Crippen LogP contribution in [0.3, 0.4) is 0 Å². The zero-order valence-corrected chi connectivity index (χ0v) is 23.1. The summed E-state index contributed by atoms with van der Waals surface area (Å²) < 4.78 is 6.09. The number of amides is 3. The van der Waals surface area contributed by atoms with Crippen LogP contribution in [-0.4, -0.2) is 52.3 Å². The Balaban J connectivity index is 1.39. The highest BCUT2D eigenvalue weighted by atomic mass is 32.2. The van der Waals surface area contributed by atoms with Crippen molar-refractivity contribution in [3.63, 3.8) is 0 Å². The molecule has 0 bridgehead atoms. The zero-order valence-electron chi connectivity index (χ0n) is 21.4. The fraction of sp³-hybridized carbons (Fsp3) is 0.207. The molecule has 0 saturated carbocycles. The predicted octanol–water partition coefficient (Wildman–Crippen LogP) is 3.40. The third kappa shape index (κ3) is 6.00. The average Bonchev–Trinajstić information content (AvgIpc) is 3.48. The highest BCUT2D eigenvalue weighted by Crippen LogP contribution is 2.41. The van der Waals surface area contributed by atoms with E-state index in [-0.39, 0.29) is 18.2 Å². The lowest BCUT2D eigenvalue weighted by Gasteiger charge is -2.51. The summed E-state index contributed by atoms with van der Waals surface area (Å²) in [5.41, 5.74) is 4.26. The second-order valence-corrected chi connectivity index (χ2v) is 11.2. The maximum absolute atomic E-state index is 13.8. The van der Waals surface area contributed by atoms with Crippen molar-refractivity contribution in [3.05, 3.63) is 105 Å². The molecule has 1 saturated heterocycles. The van der Waals surface area contributed by atoms with Crippen LogP contribution in [0, 0.1) is 0 Å². The van der Waals surface area contributed by atoms with E-state index in [0.717, 1.165) is 16.0 Å². The third-order valence-corrected chi connectivity index (χ3v) is 8.41. The Bertz CT molecular complexity index is 1400. The third-order valence-electron chi connectivity index (χ3n) is 6.35. The number of ether oxygens (including phenoxy) is 1. The minimum Gasteiger partial charge on any atom is -0.451 e. The van der Waals surface area contributed by atoms with Crippen molar-refractivity contribution >= 4 is 53.0 Å². The van der Waals surface area contributed by atoms with Crippen LogP contribution in [0.4, 0.5) is 0 Å². The molecule has 2 unspecified atom stereocenters. The van der Waals surface area contributed by atoms with E-state index in [1.807, 2.05) is 78.2 Å². The molecule has 1 fully saturated rings. The molecule has 2 N–H and O–H groups in total. The number of benzene rings is 2. The normalized spacial score (nSPS) is 19.9. The highest BCUT2D eigenvalue weighted by molar-refractivity contribution is 8.03. The number of nitrogens with one attached hydrogen (secondary N) is 2. The summed E-state index contributed by atoms with van der Waals surface area (Å²) in [5.74, 6) is -1.69. The van der Waals surface area contributed by atoms with Gasteiger partial charge in [0.1, 0.15) is 11.4 Å². The van der Waals surface area contributed by atoms with Gasteiger partial charge in [-0.05, 0) is 28.0 Å². The van der Waals surface area contributed by atoms with E-state index in [4.69, 9.17) is 4.74 Å². The van der Waals surface area contributed by atoms with Gasteiger partial charge < -0.3 is 15.0 Å². The van der Waals surface area contributed by atoms with Crippen molar-refractivity contribution in [2.24, 2.45) is 5.10 Å². The molecule has 40 heavy (non-hydrogen) atoms. The number of esters is 1. The topological polar surface area (TPSA) is 117 Å². The monoisotopic (exact) mass is 574 g/mol. The fourth-order valence-electron chi connectivity index (χ4n) is 4.52. The lowest BCUT2D eigenvalue weighted by molar-refractivity contribution is -0.165. The van der Waals surface area contributed by atoms with Gasteiger partial charge in [0, 0.05) is 17.4 Å². The first kappa shape index (κ1) is 27.4. The van der Waals surface area contributed by atoms with Gasteiger partial charge in [0.25, 0.3) is 0 Å². The first-order valence-corrected chi connectivity index (χ1v) is 14.3. The molecule has 204 valence electrons. The molecule has 3 atom stereocenters. The maximum atomic E-state index is 13.8. The quantitative estimate of drug-likeness (QED) is 0.175. The molecule has 2 aromatic carbocycles. The molecule has 5 rings (SSSR count). The van der Waals surface area contributed by atoms with E-state index >= 15 is 0 Å². The van der Waals surface area contributed by atoms with E-state index in [2.05, 4.69) is 15.8 Å². The number of β-lactam (4-membered cyclic amide) rings is 1. The minimum atomic E-state index is -1.11.